The zero-order chi connectivity index (χ0) is 31.8. The number of phosphoric ester groups is 2. The number of pyridine rings is 1. The van der Waals surface area contributed by atoms with E-state index in [-0.39, 0.29) is 33.8 Å². The number of imidazole rings is 2. The van der Waals surface area contributed by atoms with Crippen LogP contribution < -0.4 is 17.0 Å². The number of aromatic nitrogens is 7. The molecule has 9 N–H and O–H groups in total. The lowest BCUT2D eigenvalue weighted by atomic mass is 10.1. The van der Waals surface area contributed by atoms with Crippen molar-refractivity contribution in [3.05, 3.63) is 35.4 Å². The molecule has 7 rings (SSSR count). The molecule has 10 unspecified atom stereocenters. The molecule has 24 heteroatoms. The number of aromatic amines is 1. The molecule has 3 fully saturated rings. The van der Waals surface area contributed by atoms with Crippen molar-refractivity contribution in [3.8, 4) is 0 Å². The van der Waals surface area contributed by atoms with E-state index in [1.807, 2.05) is 0 Å². The van der Waals surface area contributed by atoms with Crippen LogP contribution in [-0.2, 0) is 36.7 Å². The molecule has 0 amide bonds. The number of nitrogens with one attached hydrogen (secondary N) is 1. The van der Waals surface area contributed by atoms with E-state index < -0.39 is 83.5 Å². The number of nitrogens with two attached hydrogens (primary N) is 2. The Bertz CT molecular complexity index is 1930. The fourth-order valence-corrected chi connectivity index (χ4v) is 7.33. The van der Waals surface area contributed by atoms with Crippen molar-refractivity contribution in [3.63, 3.8) is 0 Å². The molecule has 0 spiro atoms. The molecule has 0 saturated carbocycles. The molecule has 0 aliphatic carbocycles. The molecule has 4 aromatic heterocycles. The third-order valence-electron chi connectivity index (χ3n) is 7.47. The van der Waals surface area contributed by atoms with Crippen molar-refractivity contribution in [2.45, 2.75) is 49.1 Å². The topological polar surface area (TPSA) is 317 Å². The molecule has 10 atom stereocenters. The second-order valence-corrected chi connectivity index (χ2v) is 13.1. The summed E-state index contributed by atoms with van der Waals surface area (Å²) in [5.74, 6) is 0.00402. The number of ether oxygens (including phenoxy) is 2. The van der Waals surface area contributed by atoms with Crippen LogP contribution in [0.15, 0.2) is 29.8 Å². The normalized spacial score (nSPS) is 37.7. The number of rotatable bonds is 2. The number of aliphatic hydroxyl groups is 2. The van der Waals surface area contributed by atoms with E-state index in [9.17, 15) is 33.9 Å². The Labute approximate surface area is 249 Å². The van der Waals surface area contributed by atoms with Gasteiger partial charge in [-0.3, -0.25) is 27.5 Å². The van der Waals surface area contributed by atoms with Crippen LogP contribution >= 0.6 is 15.6 Å². The maximum atomic E-state index is 13.2. The molecule has 22 nitrogen and oxygen atoms in total. The van der Waals surface area contributed by atoms with E-state index in [4.69, 9.17) is 39.0 Å². The molecule has 4 aromatic rings. The number of hydrogen-bond donors (Lipinski definition) is 7. The summed E-state index contributed by atoms with van der Waals surface area (Å²) in [6.45, 7) is -1.62. The van der Waals surface area contributed by atoms with E-state index >= 15 is 0 Å². The van der Waals surface area contributed by atoms with Crippen molar-refractivity contribution in [1.82, 2.24) is 34.1 Å². The molecule has 45 heavy (non-hydrogen) atoms. The van der Waals surface area contributed by atoms with Gasteiger partial charge in [0.15, 0.2) is 29.4 Å². The third kappa shape index (κ3) is 5.33. The van der Waals surface area contributed by atoms with Gasteiger partial charge in [0, 0.05) is 6.07 Å². The number of anilines is 2. The van der Waals surface area contributed by atoms with Crippen molar-refractivity contribution in [1.29, 1.82) is 0 Å². The summed E-state index contributed by atoms with van der Waals surface area (Å²) in [5.41, 5.74) is 11.3. The standard InChI is InChI=1S/C21H25N9O13P2/c22-10-1-7-11(19(33)28-10)26-5-29(7)21-16-13(31)8(40-21)2-38-44(34,35)42-15-9(3-39-45(36,37)43-16)41-20(14(15)32)30-6-27-12-17(23)24-4-25-18(12)30/h1,4-6,8-9,13-16,20-21,31-32H,2-3H2,(H,34,35)(H,36,37)(H3,22,28,33)(H2,23,24,25). The fraction of sp³-hybridized carbons (Fsp3) is 0.476. The van der Waals surface area contributed by atoms with Gasteiger partial charge in [-0.05, 0) is 0 Å². The second kappa shape index (κ2) is 10.9. The molecule has 3 aliphatic rings. The maximum Gasteiger partial charge on any atom is 0.472 e. The number of nitrogen functional groups attached to an aromatic ring is 2. The summed E-state index contributed by atoms with van der Waals surface area (Å²) < 4.78 is 61.3. The Morgan fingerprint density at radius 3 is 2.24 bits per heavy atom. The number of fused-ring (bicyclic) bond motifs is 5. The summed E-state index contributed by atoms with van der Waals surface area (Å²) in [6.07, 6.45) is -8.95. The second-order valence-electron chi connectivity index (χ2n) is 10.3. The lowest BCUT2D eigenvalue weighted by Crippen LogP contribution is -2.36. The first-order valence-electron chi connectivity index (χ1n) is 13.1. The zero-order valence-corrected chi connectivity index (χ0v) is 24.3. The van der Waals surface area contributed by atoms with Gasteiger partial charge < -0.3 is 50.5 Å². The molecule has 2 bridgehead atoms. The molecule has 242 valence electrons. The zero-order valence-electron chi connectivity index (χ0n) is 22.5. The van der Waals surface area contributed by atoms with Gasteiger partial charge >= 0.3 is 15.6 Å². The van der Waals surface area contributed by atoms with E-state index in [1.165, 1.54) is 21.5 Å². The van der Waals surface area contributed by atoms with Gasteiger partial charge in [0.25, 0.3) is 5.56 Å². The highest BCUT2D eigenvalue weighted by molar-refractivity contribution is 7.47. The summed E-state index contributed by atoms with van der Waals surface area (Å²) in [5, 5.41) is 22.2. The summed E-state index contributed by atoms with van der Waals surface area (Å²) in [4.78, 5) is 52.0. The van der Waals surface area contributed by atoms with Crippen LogP contribution in [0.5, 0.6) is 0 Å². The third-order valence-corrected chi connectivity index (χ3v) is 9.44. The number of nitrogens with zero attached hydrogens (tertiary/aromatic N) is 6. The van der Waals surface area contributed by atoms with Crippen molar-refractivity contribution in [2.75, 3.05) is 24.7 Å². The van der Waals surface area contributed by atoms with Gasteiger partial charge in [0.2, 0.25) is 0 Å². The predicted molar refractivity (Wildman–Crippen MR) is 146 cm³/mol. The Kier molecular flexibility index (Phi) is 7.32. The van der Waals surface area contributed by atoms with Crippen LogP contribution in [0.4, 0.5) is 11.6 Å². The lowest BCUT2D eigenvalue weighted by Gasteiger charge is -2.26. The Morgan fingerprint density at radius 2 is 1.49 bits per heavy atom. The first kappa shape index (κ1) is 30.3. The average molecular weight is 673 g/mol. The molecular formula is C21H25N9O13P2. The Balaban J connectivity index is 1.21. The van der Waals surface area contributed by atoms with Gasteiger partial charge in [0.05, 0.1) is 31.4 Å². The number of phosphoric acid groups is 2. The van der Waals surface area contributed by atoms with Crippen LogP contribution in [-0.4, -0.2) is 104 Å². The molecule has 0 radical (unpaired) electrons. The number of hydrogen-bond acceptors (Lipinski definition) is 17. The van der Waals surface area contributed by atoms with Gasteiger partial charge in [-0.2, -0.15) is 0 Å². The minimum Gasteiger partial charge on any atom is -0.387 e. The van der Waals surface area contributed by atoms with Gasteiger partial charge in [0.1, 0.15) is 54.3 Å². The monoisotopic (exact) mass is 673 g/mol. The Hall–Kier alpha value is -3.37. The van der Waals surface area contributed by atoms with Crippen molar-refractivity contribution >= 4 is 49.5 Å². The smallest absolute Gasteiger partial charge is 0.387 e. The van der Waals surface area contributed by atoms with Crippen LogP contribution in [0.1, 0.15) is 12.5 Å². The quantitative estimate of drug-likeness (QED) is 0.116. The van der Waals surface area contributed by atoms with Crippen molar-refractivity contribution < 1.29 is 56.7 Å². The minimum absolute atomic E-state index is 0.0342. The number of aliphatic hydroxyl groups excluding tert-OH is 2. The van der Waals surface area contributed by atoms with E-state index in [0.717, 1.165) is 12.7 Å². The summed E-state index contributed by atoms with van der Waals surface area (Å²) in [6, 6.07) is 1.34. The number of H-pyrrole nitrogens is 1. The van der Waals surface area contributed by atoms with Gasteiger partial charge in [-0.25, -0.2) is 29.1 Å². The average Bonchev–Trinajstić information content (AvgIpc) is 3.72. The first-order chi connectivity index (χ1) is 21.3. The van der Waals surface area contributed by atoms with Crippen LogP contribution in [0.2, 0.25) is 0 Å². The Morgan fingerprint density at radius 1 is 0.844 bits per heavy atom. The van der Waals surface area contributed by atoms with Crippen LogP contribution in [0, 0.1) is 0 Å². The first-order valence-corrected chi connectivity index (χ1v) is 16.1. The summed E-state index contributed by atoms with van der Waals surface area (Å²) in [7, 11) is -10.1. The maximum absolute atomic E-state index is 13.2. The SMILES string of the molecule is Nc1cc2c(ncn2C2OC3COP(=O)(O)OC4C(COP(=O)(O)OC2C3O)OC(n2cnc3c(N)ncnc32)C4O)c(=O)[nH]1. The van der Waals surface area contributed by atoms with E-state index in [0.29, 0.717) is 0 Å². The molecule has 0 aromatic carbocycles. The van der Waals surface area contributed by atoms with Crippen LogP contribution in [0.25, 0.3) is 22.2 Å². The molecule has 7 heterocycles. The van der Waals surface area contributed by atoms with E-state index in [2.05, 4.69) is 24.9 Å². The largest absolute Gasteiger partial charge is 0.472 e. The van der Waals surface area contributed by atoms with Gasteiger partial charge in [-0.1, -0.05) is 0 Å². The molecule has 3 saturated heterocycles. The minimum atomic E-state index is -5.09. The highest BCUT2D eigenvalue weighted by atomic mass is 31.2. The summed E-state index contributed by atoms with van der Waals surface area (Å²) >= 11 is 0. The fourth-order valence-electron chi connectivity index (χ4n) is 5.43. The molecule has 3 aliphatic heterocycles. The predicted octanol–water partition coefficient (Wildman–Crippen LogP) is -1.74. The lowest BCUT2D eigenvalue weighted by molar-refractivity contribution is -0.0671. The van der Waals surface area contributed by atoms with E-state index in [1.54, 1.807) is 0 Å². The van der Waals surface area contributed by atoms with Gasteiger partial charge in [-0.15, -0.1) is 0 Å². The highest BCUT2D eigenvalue weighted by Gasteiger charge is 2.53. The molecular weight excluding hydrogens is 648 g/mol. The van der Waals surface area contributed by atoms with Crippen LogP contribution in [0.3, 0.4) is 0 Å². The van der Waals surface area contributed by atoms with Crippen molar-refractivity contribution in [2.24, 2.45) is 0 Å². The highest BCUT2D eigenvalue weighted by Crippen LogP contribution is 2.53.